The SMILES string of the molecule is CNC(=O)C(C(C)C)([C@H](Cc1ccc(O)c(C(C)(C)C)c1)C(N)=O)N(C)C(=O)C(N)Cc1ccc(F)nc1. The first kappa shape index (κ1) is 30.7. The number of amides is 3. The highest BCUT2D eigenvalue weighted by Crippen LogP contribution is 2.37. The molecule has 9 nitrogen and oxygen atoms in total. The average molecular weight is 530 g/mol. The maximum Gasteiger partial charge on any atom is 0.246 e. The van der Waals surface area contributed by atoms with Crippen LogP contribution < -0.4 is 16.8 Å². The van der Waals surface area contributed by atoms with E-state index in [9.17, 15) is 23.9 Å². The van der Waals surface area contributed by atoms with Gasteiger partial charge in [-0.3, -0.25) is 14.4 Å². The molecule has 0 saturated carbocycles. The van der Waals surface area contributed by atoms with E-state index in [0.29, 0.717) is 16.7 Å². The van der Waals surface area contributed by atoms with Crippen LogP contribution in [0.25, 0.3) is 0 Å². The summed E-state index contributed by atoms with van der Waals surface area (Å²) in [6.07, 6.45) is 1.38. The number of halogens is 1. The number of primary amides is 1. The van der Waals surface area contributed by atoms with Gasteiger partial charge < -0.3 is 26.8 Å². The highest BCUT2D eigenvalue weighted by Gasteiger charge is 2.55. The molecule has 0 aliphatic carbocycles. The highest BCUT2D eigenvalue weighted by atomic mass is 19.1. The Hall–Kier alpha value is -3.53. The molecular formula is C28H40FN5O4. The standard InChI is InChI=1S/C28H40FN5O4/c1-16(2)28(26(38)32-6,34(7)25(37)21(30)14-18-9-11-23(29)33-15-18)20(24(31)36)13-17-8-10-22(35)19(12-17)27(3,4)5/h8-12,15-16,20-21,35H,13-14,30H2,1-7H3,(H2,31,36)(H,32,38)/t20-,21?,28?/m1/s1. The summed E-state index contributed by atoms with van der Waals surface area (Å²) in [6.45, 7) is 9.32. The normalized spacial score (nSPS) is 14.9. The number of benzene rings is 1. The molecule has 2 rings (SSSR count). The summed E-state index contributed by atoms with van der Waals surface area (Å²) in [5.41, 5.74) is 12.0. The van der Waals surface area contributed by atoms with Crippen molar-refractivity contribution in [1.82, 2.24) is 15.2 Å². The number of rotatable bonds is 10. The van der Waals surface area contributed by atoms with Crippen molar-refractivity contribution in [3.05, 3.63) is 59.2 Å². The zero-order valence-electron chi connectivity index (χ0n) is 23.2. The number of phenolic OH excluding ortho intramolecular Hbond substituents is 1. The lowest BCUT2D eigenvalue weighted by atomic mass is 9.69. The minimum atomic E-state index is -1.68. The van der Waals surface area contributed by atoms with Crippen LogP contribution in [0.5, 0.6) is 5.75 Å². The molecule has 2 unspecified atom stereocenters. The van der Waals surface area contributed by atoms with Crippen molar-refractivity contribution in [2.24, 2.45) is 23.3 Å². The minimum absolute atomic E-state index is 0.0407. The third-order valence-electron chi connectivity index (χ3n) is 7.10. The molecular weight excluding hydrogens is 489 g/mol. The molecule has 0 spiro atoms. The van der Waals surface area contributed by atoms with E-state index in [0.717, 1.165) is 0 Å². The van der Waals surface area contributed by atoms with Crippen LogP contribution in [0.15, 0.2) is 36.5 Å². The van der Waals surface area contributed by atoms with Crippen molar-refractivity contribution < 1.29 is 23.9 Å². The van der Waals surface area contributed by atoms with Gasteiger partial charge in [0.15, 0.2) is 0 Å². The average Bonchev–Trinajstić information content (AvgIpc) is 2.84. The summed E-state index contributed by atoms with van der Waals surface area (Å²) in [7, 11) is 2.87. The monoisotopic (exact) mass is 529 g/mol. The first-order chi connectivity index (χ1) is 17.6. The van der Waals surface area contributed by atoms with E-state index in [-0.39, 0.29) is 24.0 Å². The zero-order valence-corrected chi connectivity index (χ0v) is 23.2. The molecule has 0 fully saturated rings. The molecule has 10 heteroatoms. The second-order valence-corrected chi connectivity index (χ2v) is 11.0. The van der Waals surface area contributed by atoms with Crippen LogP contribution in [0.4, 0.5) is 4.39 Å². The number of carbonyl (C=O) groups excluding carboxylic acids is 3. The molecule has 3 atom stereocenters. The number of phenols is 1. The van der Waals surface area contributed by atoms with Crippen LogP contribution in [0.2, 0.25) is 0 Å². The predicted molar refractivity (Wildman–Crippen MR) is 143 cm³/mol. The molecule has 1 aromatic carbocycles. The Labute approximate surface area is 223 Å². The number of nitrogens with two attached hydrogens (primary N) is 2. The number of aromatic hydroxyl groups is 1. The smallest absolute Gasteiger partial charge is 0.246 e. The van der Waals surface area contributed by atoms with Crippen LogP contribution in [0, 0.1) is 17.8 Å². The van der Waals surface area contributed by atoms with Gasteiger partial charge in [0, 0.05) is 20.3 Å². The molecule has 0 bridgehead atoms. The Morgan fingerprint density at radius 1 is 1.11 bits per heavy atom. The third-order valence-corrected chi connectivity index (χ3v) is 7.10. The Morgan fingerprint density at radius 2 is 1.71 bits per heavy atom. The maximum atomic E-state index is 13.6. The van der Waals surface area contributed by atoms with Crippen LogP contribution in [0.1, 0.15) is 51.3 Å². The maximum absolute atomic E-state index is 13.6. The van der Waals surface area contributed by atoms with Gasteiger partial charge in [-0.25, -0.2) is 4.98 Å². The summed E-state index contributed by atoms with van der Waals surface area (Å²) in [5.74, 6) is -4.12. The first-order valence-electron chi connectivity index (χ1n) is 12.5. The fraction of sp³-hybridized carbons (Fsp3) is 0.500. The quantitative estimate of drug-likeness (QED) is 0.346. The lowest BCUT2D eigenvalue weighted by molar-refractivity contribution is -0.157. The molecule has 0 aliphatic rings. The van der Waals surface area contributed by atoms with Gasteiger partial charge in [-0.15, -0.1) is 0 Å². The number of nitrogens with zero attached hydrogens (tertiary/aromatic N) is 2. The minimum Gasteiger partial charge on any atom is -0.508 e. The second kappa shape index (κ2) is 11.9. The molecule has 6 N–H and O–H groups in total. The second-order valence-electron chi connectivity index (χ2n) is 11.0. The lowest BCUT2D eigenvalue weighted by Gasteiger charge is -2.48. The van der Waals surface area contributed by atoms with Crippen LogP contribution in [-0.2, 0) is 32.6 Å². The molecule has 0 radical (unpaired) electrons. The van der Waals surface area contributed by atoms with E-state index in [1.165, 1.54) is 37.3 Å². The van der Waals surface area contributed by atoms with Crippen molar-refractivity contribution >= 4 is 17.7 Å². The highest BCUT2D eigenvalue weighted by molar-refractivity contribution is 5.98. The number of likely N-dealkylation sites (N-methyl/N-ethyl adjacent to an activating group) is 2. The molecule has 208 valence electrons. The van der Waals surface area contributed by atoms with Gasteiger partial charge in [0.1, 0.15) is 11.3 Å². The van der Waals surface area contributed by atoms with Gasteiger partial charge >= 0.3 is 0 Å². The van der Waals surface area contributed by atoms with Crippen molar-refractivity contribution in [3.8, 4) is 5.75 Å². The van der Waals surface area contributed by atoms with E-state index >= 15 is 0 Å². The Kier molecular flexibility index (Phi) is 9.61. The molecule has 38 heavy (non-hydrogen) atoms. The zero-order chi connectivity index (χ0) is 29.0. The fourth-order valence-corrected chi connectivity index (χ4v) is 5.12. The number of nitrogens with one attached hydrogen (secondary N) is 1. The van der Waals surface area contributed by atoms with Crippen molar-refractivity contribution in [3.63, 3.8) is 0 Å². The molecule has 3 amide bonds. The largest absolute Gasteiger partial charge is 0.508 e. The molecule has 2 aromatic rings. The van der Waals surface area contributed by atoms with Gasteiger partial charge in [0.05, 0.1) is 12.0 Å². The van der Waals surface area contributed by atoms with Crippen LogP contribution in [-0.4, -0.2) is 58.4 Å². The number of pyridine rings is 1. The predicted octanol–water partition coefficient (Wildman–Crippen LogP) is 2.04. The summed E-state index contributed by atoms with van der Waals surface area (Å²) < 4.78 is 13.2. The number of carbonyl (C=O) groups is 3. The first-order valence-corrected chi connectivity index (χ1v) is 12.5. The molecule has 1 heterocycles. The van der Waals surface area contributed by atoms with E-state index in [1.54, 1.807) is 32.0 Å². The Morgan fingerprint density at radius 3 is 2.18 bits per heavy atom. The Bertz CT molecular complexity index is 1160. The molecule has 0 aliphatic heterocycles. The van der Waals surface area contributed by atoms with E-state index in [4.69, 9.17) is 11.5 Å². The summed E-state index contributed by atoms with van der Waals surface area (Å²) in [5, 5.41) is 13.0. The molecule has 0 saturated heterocycles. The Balaban J connectivity index is 2.58. The summed E-state index contributed by atoms with van der Waals surface area (Å²) in [4.78, 5) is 45.1. The van der Waals surface area contributed by atoms with Crippen molar-refractivity contribution in [2.75, 3.05) is 14.1 Å². The number of hydrogen-bond donors (Lipinski definition) is 4. The van der Waals surface area contributed by atoms with Gasteiger partial charge in [0.25, 0.3) is 0 Å². The van der Waals surface area contributed by atoms with Gasteiger partial charge in [0.2, 0.25) is 23.7 Å². The van der Waals surface area contributed by atoms with Gasteiger partial charge in [-0.2, -0.15) is 4.39 Å². The van der Waals surface area contributed by atoms with Gasteiger partial charge in [-0.1, -0.05) is 52.8 Å². The van der Waals surface area contributed by atoms with Crippen molar-refractivity contribution in [2.45, 2.75) is 64.5 Å². The fourth-order valence-electron chi connectivity index (χ4n) is 5.12. The summed E-state index contributed by atoms with van der Waals surface area (Å²) >= 11 is 0. The molecule has 1 aromatic heterocycles. The van der Waals surface area contributed by atoms with E-state index < -0.39 is 47.1 Å². The van der Waals surface area contributed by atoms with Crippen LogP contribution in [0.3, 0.4) is 0 Å². The van der Waals surface area contributed by atoms with Crippen LogP contribution >= 0.6 is 0 Å². The van der Waals surface area contributed by atoms with E-state index in [1.807, 2.05) is 20.8 Å². The lowest BCUT2D eigenvalue weighted by Crippen LogP contribution is -2.70. The summed E-state index contributed by atoms with van der Waals surface area (Å²) in [6, 6.07) is 6.57. The van der Waals surface area contributed by atoms with E-state index in [2.05, 4.69) is 10.3 Å². The van der Waals surface area contributed by atoms with Gasteiger partial charge in [-0.05, 0) is 53.0 Å². The van der Waals surface area contributed by atoms with Crippen molar-refractivity contribution in [1.29, 1.82) is 0 Å². The number of hydrogen-bond acceptors (Lipinski definition) is 6. The number of aromatic nitrogens is 1. The topological polar surface area (TPSA) is 152 Å². The third kappa shape index (κ3) is 6.30.